The molecule has 1 aliphatic heterocycles. The van der Waals surface area contributed by atoms with Crippen LogP contribution in [0.25, 0.3) is 17.0 Å². The zero-order chi connectivity index (χ0) is 24.8. The molecule has 3 aromatic rings. The molecule has 1 saturated heterocycles. The van der Waals surface area contributed by atoms with E-state index in [1.54, 1.807) is 12.2 Å². The van der Waals surface area contributed by atoms with Crippen molar-refractivity contribution in [1.29, 1.82) is 5.53 Å². The molecular formula is C24H30N10S. The molecule has 4 rings (SSSR count). The van der Waals surface area contributed by atoms with Gasteiger partial charge in [-0.15, -0.1) is 5.10 Å². The highest BCUT2D eigenvalue weighted by atomic mass is 32.2. The smallest absolute Gasteiger partial charge is 0.222 e. The molecule has 0 spiro atoms. The van der Waals surface area contributed by atoms with Crippen molar-refractivity contribution < 1.29 is 0 Å². The molecule has 3 heterocycles. The first-order valence-electron chi connectivity index (χ1n) is 11.5. The van der Waals surface area contributed by atoms with Crippen molar-refractivity contribution in [3.8, 4) is 0 Å². The lowest BCUT2D eigenvalue weighted by Gasteiger charge is -2.32. The molecule has 11 heteroatoms. The van der Waals surface area contributed by atoms with Gasteiger partial charge in [0.2, 0.25) is 5.95 Å². The summed E-state index contributed by atoms with van der Waals surface area (Å²) in [4.78, 5) is 16.3. The number of fused-ring (bicyclic) bond motifs is 1. The van der Waals surface area contributed by atoms with Crippen LogP contribution in [0.3, 0.4) is 0 Å². The third-order valence-corrected chi connectivity index (χ3v) is 6.82. The Morgan fingerprint density at radius 1 is 1.26 bits per heavy atom. The van der Waals surface area contributed by atoms with Gasteiger partial charge in [-0.2, -0.15) is 22.3 Å². The molecule has 0 aliphatic carbocycles. The molecule has 0 radical (unpaired) electrons. The Bertz CT molecular complexity index is 1270. The predicted octanol–water partition coefficient (Wildman–Crippen LogP) is 4.35. The highest BCUT2D eigenvalue weighted by molar-refractivity contribution is 7.99. The summed E-state index contributed by atoms with van der Waals surface area (Å²) in [5.41, 5.74) is 22.2. The number of benzene rings is 1. The average molecular weight is 491 g/mol. The first-order chi connectivity index (χ1) is 17.0. The van der Waals surface area contributed by atoms with Crippen LogP contribution >= 0.6 is 11.8 Å². The fraction of sp³-hybridized carbons (Fsp3) is 0.333. The van der Waals surface area contributed by atoms with E-state index in [9.17, 15) is 0 Å². The minimum atomic E-state index is -0.0632. The molecule has 35 heavy (non-hydrogen) atoms. The molecule has 10 nitrogen and oxygen atoms in total. The number of aryl methyl sites for hydroxylation is 1. The average Bonchev–Trinajstić information content (AvgIpc) is 2.86. The quantitative estimate of drug-likeness (QED) is 0.157. The topological polar surface area (TPSA) is 155 Å². The van der Waals surface area contributed by atoms with E-state index in [4.69, 9.17) is 22.0 Å². The Morgan fingerprint density at radius 2 is 2.03 bits per heavy atom. The molecule has 182 valence electrons. The van der Waals surface area contributed by atoms with Crippen LogP contribution < -0.4 is 21.7 Å². The molecule has 1 aromatic carbocycles. The molecule has 1 atom stereocenters. The molecule has 0 amide bonds. The largest absolute Gasteiger partial charge is 0.382 e. The number of nitrogens with zero attached hydrogens (tertiary/aromatic N) is 6. The summed E-state index contributed by atoms with van der Waals surface area (Å²) in [6.45, 7) is 5.93. The number of para-hydroxylation sites is 1. The number of nitrogen functional groups attached to an aromatic ring is 1. The highest BCUT2D eigenvalue weighted by Gasteiger charge is 2.23. The highest BCUT2D eigenvalue weighted by Crippen LogP contribution is 2.34. The van der Waals surface area contributed by atoms with Crippen LogP contribution in [-0.2, 0) is 0 Å². The van der Waals surface area contributed by atoms with Crippen LogP contribution in [0.4, 0.5) is 17.6 Å². The number of rotatable bonds is 8. The van der Waals surface area contributed by atoms with Gasteiger partial charge in [0.1, 0.15) is 17.5 Å². The van der Waals surface area contributed by atoms with Crippen molar-refractivity contribution in [1.82, 2.24) is 15.0 Å². The molecule has 1 aliphatic rings. The van der Waals surface area contributed by atoms with Gasteiger partial charge < -0.3 is 21.7 Å². The van der Waals surface area contributed by atoms with Gasteiger partial charge in [0.15, 0.2) is 0 Å². The Balaban J connectivity index is 1.78. The summed E-state index contributed by atoms with van der Waals surface area (Å²) in [6.07, 6.45) is 4.14. The van der Waals surface area contributed by atoms with Gasteiger partial charge in [0.05, 0.1) is 17.3 Å². The lowest BCUT2D eigenvalue weighted by Crippen LogP contribution is -2.34. The van der Waals surface area contributed by atoms with Crippen molar-refractivity contribution in [2.75, 3.05) is 40.5 Å². The second-order valence-corrected chi connectivity index (χ2v) is 9.41. The zero-order valence-electron chi connectivity index (χ0n) is 19.9. The lowest BCUT2D eigenvalue weighted by atomic mass is 10.0. The van der Waals surface area contributed by atoms with Crippen LogP contribution in [0.5, 0.6) is 0 Å². The number of aromatic nitrogens is 3. The van der Waals surface area contributed by atoms with Gasteiger partial charge in [-0.25, -0.2) is 9.97 Å². The normalized spacial score (nSPS) is 15.5. The minimum absolute atomic E-state index is 0.0632. The number of nitrogens with two attached hydrogens (primary N) is 2. The van der Waals surface area contributed by atoms with Gasteiger partial charge in [-0.1, -0.05) is 30.3 Å². The van der Waals surface area contributed by atoms with Gasteiger partial charge >= 0.3 is 0 Å². The zero-order valence-corrected chi connectivity index (χ0v) is 20.7. The number of hydrogen-bond donors (Lipinski definition) is 4. The second-order valence-electron chi connectivity index (χ2n) is 8.19. The van der Waals surface area contributed by atoms with E-state index in [0.29, 0.717) is 11.5 Å². The minimum Gasteiger partial charge on any atom is -0.382 e. The van der Waals surface area contributed by atoms with Crippen LogP contribution in [0.2, 0.25) is 0 Å². The van der Waals surface area contributed by atoms with Gasteiger partial charge in [-0.3, -0.25) is 0 Å². The molecule has 6 N–H and O–H groups in total. The first kappa shape index (κ1) is 24.4. The molecule has 2 aromatic heterocycles. The predicted molar refractivity (Wildman–Crippen MR) is 145 cm³/mol. The van der Waals surface area contributed by atoms with Crippen LogP contribution in [0.15, 0.2) is 46.7 Å². The Kier molecular flexibility index (Phi) is 7.76. The SMILES string of the molecule is CCC(Nc1nc(N)nc(C)c1/C=C/C(N)=NN=N)c1cc2ccccc2nc1N1CCSCC1. The summed E-state index contributed by atoms with van der Waals surface area (Å²) < 4.78 is 0. The lowest BCUT2D eigenvalue weighted by molar-refractivity contribution is 0.727. The Morgan fingerprint density at radius 3 is 2.77 bits per heavy atom. The van der Waals surface area contributed by atoms with E-state index in [0.717, 1.165) is 58.9 Å². The maximum Gasteiger partial charge on any atom is 0.222 e. The van der Waals surface area contributed by atoms with Crippen molar-refractivity contribution in [2.24, 2.45) is 16.1 Å². The molecular weight excluding hydrogens is 460 g/mol. The Labute approximate surface area is 208 Å². The van der Waals surface area contributed by atoms with Crippen LogP contribution in [0.1, 0.15) is 36.2 Å². The summed E-state index contributed by atoms with van der Waals surface area (Å²) in [5.74, 6) is 4.07. The van der Waals surface area contributed by atoms with E-state index in [1.165, 1.54) is 0 Å². The van der Waals surface area contributed by atoms with Crippen molar-refractivity contribution in [3.05, 3.63) is 53.2 Å². The van der Waals surface area contributed by atoms with E-state index in [-0.39, 0.29) is 17.8 Å². The molecule has 1 fully saturated rings. The Hall–Kier alpha value is -3.73. The van der Waals surface area contributed by atoms with E-state index in [1.807, 2.05) is 30.8 Å². The summed E-state index contributed by atoms with van der Waals surface area (Å²) in [6, 6.07) is 10.4. The number of hydrogen-bond acceptors (Lipinski definition) is 9. The monoisotopic (exact) mass is 490 g/mol. The van der Waals surface area contributed by atoms with Crippen molar-refractivity contribution >= 4 is 52.2 Å². The number of anilines is 3. The summed E-state index contributed by atoms with van der Waals surface area (Å²) in [5, 5.41) is 11.2. The first-order valence-corrected chi connectivity index (χ1v) is 12.7. The number of nitrogens with one attached hydrogen (secondary N) is 2. The maximum atomic E-state index is 6.86. The van der Waals surface area contributed by atoms with Crippen LogP contribution in [-0.4, -0.2) is 45.4 Å². The molecule has 0 saturated carbocycles. The van der Waals surface area contributed by atoms with Gasteiger partial charge in [0, 0.05) is 41.1 Å². The van der Waals surface area contributed by atoms with Crippen molar-refractivity contribution in [2.45, 2.75) is 26.3 Å². The number of amidine groups is 1. The number of pyridine rings is 1. The van der Waals surface area contributed by atoms with E-state index < -0.39 is 0 Å². The molecule has 0 bridgehead atoms. The fourth-order valence-corrected chi connectivity index (χ4v) is 5.05. The fourth-order valence-electron chi connectivity index (χ4n) is 4.14. The van der Waals surface area contributed by atoms with E-state index >= 15 is 0 Å². The standard InChI is InChI=1S/C24H30N10S/c1-3-19(29-22-17(8-9-21(25)32-33-27)15(2)28-24(26)31-22)18-14-16-6-4-5-7-20(16)30-23(18)34-10-12-35-13-11-34/h4-9,14,19H,3,10-13H2,1-2H3,(H3,25,27,32)(H3,26,28,29,31)/b9-8+. The van der Waals surface area contributed by atoms with Gasteiger partial charge in [-0.05, 0) is 37.6 Å². The van der Waals surface area contributed by atoms with Gasteiger partial charge in [0.25, 0.3) is 0 Å². The van der Waals surface area contributed by atoms with Crippen LogP contribution in [0, 0.1) is 12.5 Å². The number of thioether (sulfide) groups is 1. The van der Waals surface area contributed by atoms with E-state index in [2.05, 4.69) is 55.6 Å². The third-order valence-electron chi connectivity index (χ3n) is 5.88. The summed E-state index contributed by atoms with van der Waals surface area (Å²) in [7, 11) is 0. The third kappa shape index (κ3) is 5.68. The summed E-state index contributed by atoms with van der Waals surface area (Å²) >= 11 is 1.97. The van der Waals surface area contributed by atoms with Crippen molar-refractivity contribution in [3.63, 3.8) is 0 Å². The second kappa shape index (κ2) is 11.1. The maximum absolute atomic E-state index is 6.86. The molecule has 1 unspecified atom stereocenters.